The number of phenols is 1. The molecular weight excluding hydrogens is 460 g/mol. The Balaban J connectivity index is 2.09. The molecule has 0 aliphatic carbocycles. The Hall–Kier alpha value is -3.52. The fraction of sp³-hybridized carbons (Fsp3) is 0.429. The standard InChI is InChI=1S/C28H36N2O6/c1-17(2)16-36-22-11-9-20(14-18(22)3)26(32)24-25(19-8-10-21(31)23(15-19)35-6)30(28(34)27(24)33)13-7-12-29(4)5/h8-11,14-15,17,25,31-32H,7,12-13,16H2,1-6H3/b26-24+. The van der Waals surface area contributed by atoms with Crippen LogP contribution in [0, 0.1) is 12.8 Å². The molecule has 1 aliphatic rings. The van der Waals surface area contributed by atoms with Gasteiger partial charge in [0.1, 0.15) is 11.5 Å². The molecular formula is C28H36N2O6. The Morgan fingerprint density at radius 1 is 1.11 bits per heavy atom. The van der Waals surface area contributed by atoms with E-state index in [4.69, 9.17) is 9.47 Å². The maximum absolute atomic E-state index is 13.2. The molecule has 0 radical (unpaired) electrons. The molecule has 36 heavy (non-hydrogen) atoms. The van der Waals surface area contributed by atoms with Crippen LogP contribution in [0.4, 0.5) is 0 Å². The van der Waals surface area contributed by atoms with Gasteiger partial charge in [-0.3, -0.25) is 9.59 Å². The number of benzene rings is 2. The number of likely N-dealkylation sites (tertiary alicyclic amines) is 1. The van der Waals surface area contributed by atoms with E-state index in [9.17, 15) is 19.8 Å². The highest BCUT2D eigenvalue weighted by molar-refractivity contribution is 6.46. The lowest BCUT2D eigenvalue weighted by atomic mass is 9.94. The fourth-order valence-electron chi connectivity index (χ4n) is 4.25. The van der Waals surface area contributed by atoms with Gasteiger partial charge >= 0.3 is 0 Å². The number of hydrogen-bond donors (Lipinski definition) is 2. The lowest BCUT2D eigenvalue weighted by Crippen LogP contribution is -2.32. The van der Waals surface area contributed by atoms with Crippen molar-refractivity contribution in [1.29, 1.82) is 0 Å². The van der Waals surface area contributed by atoms with Crippen LogP contribution in [0.1, 0.15) is 43.0 Å². The highest BCUT2D eigenvalue weighted by Crippen LogP contribution is 2.42. The van der Waals surface area contributed by atoms with Crippen molar-refractivity contribution in [2.75, 3.05) is 40.9 Å². The molecule has 2 aromatic carbocycles. The van der Waals surface area contributed by atoms with Gasteiger partial charge in [0.2, 0.25) is 0 Å². The number of Topliss-reactive ketones (excluding diaryl/α,β-unsaturated/α-hetero) is 1. The number of aryl methyl sites for hydroxylation is 1. The van der Waals surface area contributed by atoms with Gasteiger partial charge in [-0.2, -0.15) is 0 Å². The topological polar surface area (TPSA) is 99.5 Å². The van der Waals surface area contributed by atoms with Crippen molar-refractivity contribution in [3.05, 3.63) is 58.7 Å². The number of ketones is 1. The Kier molecular flexibility index (Phi) is 8.63. The van der Waals surface area contributed by atoms with Crippen molar-refractivity contribution in [2.24, 2.45) is 5.92 Å². The third-order valence-electron chi connectivity index (χ3n) is 6.08. The zero-order valence-corrected chi connectivity index (χ0v) is 21.9. The first-order chi connectivity index (χ1) is 17.0. The molecule has 3 rings (SSSR count). The SMILES string of the molecule is COc1cc(C2/C(=C(\O)c3ccc(OCC(C)C)c(C)c3)C(=O)C(=O)N2CCCN(C)C)ccc1O. The number of methoxy groups -OCH3 is 1. The number of nitrogens with zero attached hydrogens (tertiary/aromatic N) is 2. The summed E-state index contributed by atoms with van der Waals surface area (Å²) in [7, 11) is 5.30. The van der Waals surface area contributed by atoms with Gasteiger partial charge in [0, 0.05) is 12.1 Å². The van der Waals surface area contributed by atoms with E-state index in [1.165, 1.54) is 18.1 Å². The Bertz CT molecular complexity index is 1150. The summed E-state index contributed by atoms with van der Waals surface area (Å²) in [5.74, 6) is -0.438. The van der Waals surface area contributed by atoms with Gasteiger partial charge in [-0.1, -0.05) is 19.9 Å². The van der Waals surface area contributed by atoms with E-state index in [1.54, 1.807) is 30.3 Å². The van der Waals surface area contributed by atoms with Crippen LogP contribution in [-0.4, -0.2) is 72.6 Å². The number of hydrogen-bond acceptors (Lipinski definition) is 7. The van der Waals surface area contributed by atoms with Crippen molar-refractivity contribution in [2.45, 2.75) is 33.2 Å². The zero-order valence-electron chi connectivity index (χ0n) is 21.9. The van der Waals surface area contributed by atoms with Crippen LogP contribution < -0.4 is 9.47 Å². The minimum absolute atomic E-state index is 0.00726. The average molecular weight is 497 g/mol. The summed E-state index contributed by atoms with van der Waals surface area (Å²) in [4.78, 5) is 29.8. The van der Waals surface area contributed by atoms with E-state index < -0.39 is 17.7 Å². The molecule has 2 N–H and O–H groups in total. The molecule has 2 aromatic rings. The number of ether oxygens (including phenoxy) is 2. The molecule has 0 saturated carbocycles. The molecule has 1 atom stereocenters. The fourth-order valence-corrected chi connectivity index (χ4v) is 4.25. The molecule has 8 nitrogen and oxygen atoms in total. The number of phenolic OH excluding ortho intramolecular Hbond substituents is 1. The molecule has 0 bridgehead atoms. The first-order valence-electron chi connectivity index (χ1n) is 12.1. The predicted octanol–water partition coefficient (Wildman–Crippen LogP) is 4.12. The normalized spacial score (nSPS) is 17.3. The molecule has 1 amide bonds. The molecule has 1 aliphatic heterocycles. The molecule has 1 unspecified atom stereocenters. The van der Waals surface area contributed by atoms with E-state index in [1.807, 2.05) is 25.9 Å². The Morgan fingerprint density at radius 3 is 2.44 bits per heavy atom. The van der Waals surface area contributed by atoms with Gasteiger partial charge in [-0.25, -0.2) is 0 Å². The van der Waals surface area contributed by atoms with Crippen molar-refractivity contribution >= 4 is 17.4 Å². The van der Waals surface area contributed by atoms with Crippen LogP contribution in [0.25, 0.3) is 5.76 Å². The van der Waals surface area contributed by atoms with E-state index in [2.05, 4.69) is 13.8 Å². The van der Waals surface area contributed by atoms with Crippen molar-refractivity contribution < 1.29 is 29.3 Å². The number of amides is 1. The first kappa shape index (κ1) is 27.1. The van der Waals surface area contributed by atoms with Gasteiger partial charge < -0.3 is 29.5 Å². The number of carbonyl (C=O) groups excluding carboxylic acids is 2. The van der Waals surface area contributed by atoms with Crippen LogP contribution in [0.2, 0.25) is 0 Å². The third kappa shape index (κ3) is 5.82. The van der Waals surface area contributed by atoms with E-state index >= 15 is 0 Å². The highest BCUT2D eigenvalue weighted by Gasteiger charge is 2.46. The molecule has 1 heterocycles. The van der Waals surface area contributed by atoms with Crippen LogP contribution in [-0.2, 0) is 9.59 Å². The maximum atomic E-state index is 13.2. The number of rotatable bonds is 10. The van der Waals surface area contributed by atoms with Crippen LogP contribution in [0.15, 0.2) is 42.0 Å². The number of aliphatic hydroxyl groups excluding tert-OH is 1. The second-order valence-corrected chi connectivity index (χ2v) is 9.77. The van der Waals surface area contributed by atoms with Gasteiger partial charge in [-0.05, 0) is 81.4 Å². The molecule has 194 valence electrons. The second kappa shape index (κ2) is 11.5. The summed E-state index contributed by atoms with van der Waals surface area (Å²) in [5.41, 5.74) is 1.80. The zero-order chi connectivity index (χ0) is 26.6. The predicted molar refractivity (Wildman–Crippen MR) is 138 cm³/mol. The smallest absolute Gasteiger partial charge is 0.295 e. The molecule has 0 spiro atoms. The lowest BCUT2D eigenvalue weighted by molar-refractivity contribution is -0.139. The molecule has 0 aromatic heterocycles. The largest absolute Gasteiger partial charge is 0.507 e. The summed E-state index contributed by atoms with van der Waals surface area (Å²) < 4.78 is 11.1. The molecule has 8 heteroatoms. The summed E-state index contributed by atoms with van der Waals surface area (Å²) in [6.07, 6.45) is 0.646. The van der Waals surface area contributed by atoms with Crippen molar-refractivity contribution in [3.63, 3.8) is 0 Å². The van der Waals surface area contributed by atoms with Crippen molar-refractivity contribution in [1.82, 2.24) is 9.80 Å². The van der Waals surface area contributed by atoms with Crippen LogP contribution in [0.3, 0.4) is 0 Å². The monoisotopic (exact) mass is 496 g/mol. The van der Waals surface area contributed by atoms with Gasteiger partial charge in [0.15, 0.2) is 11.5 Å². The quantitative estimate of drug-likeness (QED) is 0.290. The number of aliphatic hydroxyl groups is 1. The van der Waals surface area contributed by atoms with Crippen molar-refractivity contribution in [3.8, 4) is 17.2 Å². The Morgan fingerprint density at radius 2 is 1.83 bits per heavy atom. The molecule has 1 saturated heterocycles. The van der Waals surface area contributed by atoms with E-state index in [0.29, 0.717) is 42.4 Å². The summed E-state index contributed by atoms with van der Waals surface area (Å²) in [6.45, 7) is 7.61. The van der Waals surface area contributed by atoms with E-state index in [-0.39, 0.29) is 22.8 Å². The summed E-state index contributed by atoms with van der Waals surface area (Å²) in [6, 6.07) is 9.06. The van der Waals surface area contributed by atoms with Crippen LogP contribution in [0.5, 0.6) is 17.2 Å². The summed E-state index contributed by atoms with van der Waals surface area (Å²) in [5, 5.41) is 21.4. The van der Waals surface area contributed by atoms with Gasteiger partial charge in [-0.15, -0.1) is 0 Å². The lowest BCUT2D eigenvalue weighted by Gasteiger charge is -2.26. The maximum Gasteiger partial charge on any atom is 0.295 e. The average Bonchev–Trinajstić information content (AvgIpc) is 3.07. The Labute approximate surface area is 212 Å². The van der Waals surface area contributed by atoms with Gasteiger partial charge in [0.05, 0.1) is 25.3 Å². The minimum atomic E-state index is -0.821. The number of aromatic hydroxyl groups is 1. The third-order valence-corrected chi connectivity index (χ3v) is 6.08. The van der Waals surface area contributed by atoms with Gasteiger partial charge in [0.25, 0.3) is 11.7 Å². The first-order valence-corrected chi connectivity index (χ1v) is 12.1. The van der Waals surface area contributed by atoms with E-state index in [0.717, 1.165) is 12.1 Å². The number of carbonyl (C=O) groups is 2. The highest BCUT2D eigenvalue weighted by atomic mass is 16.5. The second-order valence-electron chi connectivity index (χ2n) is 9.77. The molecule has 1 fully saturated rings. The summed E-state index contributed by atoms with van der Waals surface area (Å²) >= 11 is 0. The van der Waals surface area contributed by atoms with Crippen LogP contribution >= 0.6 is 0 Å². The minimum Gasteiger partial charge on any atom is -0.507 e.